The summed E-state index contributed by atoms with van der Waals surface area (Å²) in [7, 11) is 0. The summed E-state index contributed by atoms with van der Waals surface area (Å²) >= 11 is 7.18. The zero-order valence-electron chi connectivity index (χ0n) is 9.30. The van der Waals surface area contributed by atoms with E-state index in [-0.39, 0.29) is 0 Å². The van der Waals surface area contributed by atoms with E-state index in [1.165, 1.54) is 17.3 Å². The maximum Gasteiger partial charge on any atom is 0.214 e. The first-order chi connectivity index (χ1) is 8.16. The molecule has 1 aromatic heterocycles. The molecule has 0 atom stereocenters. The van der Waals surface area contributed by atoms with Gasteiger partial charge in [-0.3, -0.25) is 0 Å². The van der Waals surface area contributed by atoms with Crippen LogP contribution in [-0.2, 0) is 0 Å². The zero-order chi connectivity index (χ0) is 12.3. The minimum Gasteiger partial charge on any atom is -0.188 e. The molecule has 2 rings (SSSR count). The van der Waals surface area contributed by atoms with Gasteiger partial charge in [-0.25, -0.2) is 0 Å². The molecule has 0 saturated carbocycles. The topological polar surface area (TPSA) is 43.6 Å². The van der Waals surface area contributed by atoms with Crippen molar-refractivity contribution in [3.63, 3.8) is 0 Å². The Morgan fingerprint density at radius 2 is 2.12 bits per heavy atom. The fourth-order valence-corrected chi connectivity index (χ4v) is 2.07. The quantitative estimate of drug-likeness (QED) is 0.798. The Bertz CT molecular complexity index is 521. The largest absolute Gasteiger partial charge is 0.214 e. The second-order valence-electron chi connectivity index (χ2n) is 3.51. The SMILES string of the molecule is C=C(Cl)CSc1nnnn1-c1ccc(C)cc1. The number of benzene rings is 1. The average Bonchev–Trinajstić information content (AvgIpc) is 2.75. The van der Waals surface area contributed by atoms with Gasteiger partial charge in [-0.2, -0.15) is 4.68 Å². The molecule has 0 unspecified atom stereocenters. The summed E-state index contributed by atoms with van der Waals surface area (Å²) in [5.41, 5.74) is 2.13. The number of tetrazole rings is 1. The molecule has 17 heavy (non-hydrogen) atoms. The number of halogens is 1. The molecule has 88 valence electrons. The smallest absolute Gasteiger partial charge is 0.188 e. The lowest BCUT2D eigenvalue weighted by Crippen LogP contribution is -1.99. The molecule has 0 aliphatic rings. The van der Waals surface area contributed by atoms with Gasteiger partial charge in [0.1, 0.15) is 0 Å². The highest BCUT2D eigenvalue weighted by molar-refractivity contribution is 7.99. The molecule has 4 nitrogen and oxygen atoms in total. The molecular weight excluding hydrogens is 256 g/mol. The van der Waals surface area contributed by atoms with Gasteiger partial charge >= 0.3 is 0 Å². The Labute approximate surface area is 109 Å². The first-order valence-electron chi connectivity index (χ1n) is 4.98. The second kappa shape index (κ2) is 5.33. The van der Waals surface area contributed by atoms with Gasteiger partial charge in [0.25, 0.3) is 0 Å². The number of nitrogens with zero attached hydrogens (tertiary/aromatic N) is 4. The van der Waals surface area contributed by atoms with Crippen LogP contribution < -0.4 is 0 Å². The Hall–Kier alpha value is -1.33. The Kier molecular flexibility index (Phi) is 3.81. The number of hydrogen-bond acceptors (Lipinski definition) is 4. The monoisotopic (exact) mass is 266 g/mol. The highest BCUT2D eigenvalue weighted by Crippen LogP contribution is 2.21. The Morgan fingerprint density at radius 1 is 1.41 bits per heavy atom. The van der Waals surface area contributed by atoms with E-state index < -0.39 is 0 Å². The lowest BCUT2D eigenvalue weighted by atomic mass is 10.2. The molecule has 0 spiro atoms. The predicted octanol–water partition coefficient (Wildman–Crippen LogP) is 2.82. The van der Waals surface area contributed by atoms with Crippen molar-refractivity contribution in [1.82, 2.24) is 20.2 Å². The Morgan fingerprint density at radius 3 is 2.76 bits per heavy atom. The minimum absolute atomic E-state index is 0.577. The molecule has 0 aliphatic heterocycles. The third kappa shape index (κ3) is 3.08. The summed E-state index contributed by atoms with van der Waals surface area (Å²) in [4.78, 5) is 0. The first-order valence-corrected chi connectivity index (χ1v) is 6.34. The summed E-state index contributed by atoms with van der Waals surface area (Å²) in [6.07, 6.45) is 0. The minimum atomic E-state index is 0.577. The molecule has 0 bridgehead atoms. The maximum absolute atomic E-state index is 5.72. The van der Waals surface area contributed by atoms with Crippen LogP contribution in [-0.4, -0.2) is 26.0 Å². The summed E-state index contributed by atoms with van der Waals surface area (Å²) in [5, 5.41) is 12.9. The molecule has 0 saturated heterocycles. The number of aryl methyl sites for hydroxylation is 1. The lowest BCUT2D eigenvalue weighted by Gasteiger charge is -2.03. The van der Waals surface area contributed by atoms with E-state index >= 15 is 0 Å². The van der Waals surface area contributed by atoms with E-state index in [2.05, 4.69) is 22.1 Å². The van der Waals surface area contributed by atoms with Crippen molar-refractivity contribution in [2.75, 3.05) is 5.75 Å². The summed E-state index contributed by atoms with van der Waals surface area (Å²) < 4.78 is 1.68. The van der Waals surface area contributed by atoms with Crippen LogP contribution in [0.5, 0.6) is 0 Å². The van der Waals surface area contributed by atoms with Gasteiger partial charge in [-0.15, -0.1) is 5.10 Å². The second-order valence-corrected chi connectivity index (χ2v) is 4.99. The fraction of sp³-hybridized carbons (Fsp3) is 0.182. The summed E-state index contributed by atoms with van der Waals surface area (Å²) in [6, 6.07) is 7.99. The fourth-order valence-electron chi connectivity index (χ4n) is 1.26. The molecule has 0 amide bonds. The van der Waals surface area contributed by atoms with Crippen LogP contribution in [0.15, 0.2) is 41.0 Å². The van der Waals surface area contributed by atoms with Gasteiger partial charge in [-0.05, 0) is 29.5 Å². The molecule has 0 N–H and O–H groups in total. The average molecular weight is 267 g/mol. The van der Waals surface area contributed by atoms with Gasteiger partial charge in [0, 0.05) is 10.8 Å². The summed E-state index contributed by atoms with van der Waals surface area (Å²) in [5.74, 6) is 0.591. The molecule has 0 fully saturated rings. The van der Waals surface area contributed by atoms with E-state index in [9.17, 15) is 0 Å². The third-order valence-electron chi connectivity index (χ3n) is 2.08. The van der Waals surface area contributed by atoms with Crippen molar-refractivity contribution in [3.05, 3.63) is 41.4 Å². The van der Waals surface area contributed by atoms with E-state index in [1.54, 1.807) is 4.68 Å². The highest BCUT2D eigenvalue weighted by Gasteiger charge is 2.08. The van der Waals surface area contributed by atoms with Crippen LogP contribution in [0.4, 0.5) is 0 Å². The molecule has 2 aromatic rings. The van der Waals surface area contributed by atoms with Crippen LogP contribution in [0, 0.1) is 6.92 Å². The van der Waals surface area contributed by atoms with Crippen molar-refractivity contribution in [3.8, 4) is 5.69 Å². The number of hydrogen-bond donors (Lipinski definition) is 0. The van der Waals surface area contributed by atoms with E-state index in [1.807, 2.05) is 31.2 Å². The predicted molar refractivity (Wildman–Crippen MR) is 69.6 cm³/mol. The third-order valence-corrected chi connectivity index (χ3v) is 3.38. The van der Waals surface area contributed by atoms with Crippen molar-refractivity contribution >= 4 is 23.4 Å². The first kappa shape index (κ1) is 12.1. The zero-order valence-corrected chi connectivity index (χ0v) is 10.9. The molecular formula is C11H11ClN4S. The van der Waals surface area contributed by atoms with Gasteiger partial charge in [0.05, 0.1) is 5.69 Å². The Balaban J connectivity index is 2.24. The highest BCUT2D eigenvalue weighted by atomic mass is 35.5. The van der Waals surface area contributed by atoms with Crippen molar-refractivity contribution in [2.24, 2.45) is 0 Å². The number of aromatic nitrogens is 4. The molecule has 6 heteroatoms. The molecule has 0 radical (unpaired) electrons. The van der Waals surface area contributed by atoms with Gasteiger partial charge in [0.2, 0.25) is 5.16 Å². The van der Waals surface area contributed by atoms with Crippen LogP contribution in [0.2, 0.25) is 0 Å². The normalized spacial score (nSPS) is 10.5. The summed E-state index contributed by atoms with van der Waals surface area (Å²) in [6.45, 7) is 5.67. The standard InChI is InChI=1S/C11H11ClN4S/c1-8-3-5-10(6-4-8)16-11(13-14-15-16)17-7-9(2)12/h3-6H,2,7H2,1H3. The van der Waals surface area contributed by atoms with Crippen molar-refractivity contribution < 1.29 is 0 Å². The number of thioether (sulfide) groups is 1. The van der Waals surface area contributed by atoms with Gasteiger partial charge < -0.3 is 0 Å². The van der Waals surface area contributed by atoms with Gasteiger partial charge in [-0.1, -0.05) is 47.6 Å². The molecule has 1 heterocycles. The van der Waals surface area contributed by atoms with Crippen LogP contribution in [0.3, 0.4) is 0 Å². The van der Waals surface area contributed by atoms with Crippen LogP contribution in [0.25, 0.3) is 5.69 Å². The van der Waals surface area contributed by atoms with Gasteiger partial charge in [0.15, 0.2) is 0 Å². The van der Waals surface area contributed by atoms with Crippen molar-refractivity contribution in [2.45, 2.75) is 12.1 Å². The maximum atomic E-state index is 5.72. The van der Waals surface area contributed by atoms with E-state index in [0.717, 1.165) is 5.69 Å². The van der Waals surface area contributed by atoms with E-state index in [4.69, 9.17) is 11.6 Å². The molecule has 0 aliphatic carbocycles. The van der Waals surface area contributed by atoms with Crippen LogP contribution in [0.1, 0.15) is 5.56 Å². The number of rotatable bonds is 4. The van der Waals surface area contributed by atoms with E-state index in [0.29, 0.717) is 15.9 Å². The molecule has 1 aromatic carbocycles. The van der Waals surface area contributed by atoms with Crippen molar-refractivity contribution in [1.29, 1.82) is 0 Å². The lowest BCUT2D eigenvalue weighted by molar-refractivity contribution is 0.756. The van der Waals surface area contributed by atoms with Crippen LogP contribution >= 0.6 is 23.4 Å².